The van der Waals surface area contributed by atoms with Gasteiger partial charge in [0, 0.05) is 7.11 Å². The Morgan fingerprint density at radius 3 is 2.50 bits per heavy atom. The molecule has 0 aliphatic heterocycles. The molecule has 0 bridgehead atoms. The highest BCUT2D eigenvalue weighted by Crippen LogP contribution is 2.66. The largest absolute Gasteiger partial charge is 0.393 e. The van der Waals surface area contributed by atoms with E-state index in [0.29, 0.717) is 22.9 Å². The summed E-state index contributed by atoms with van der Waals surface area (Å²) in [6, 6.07) is 0. The van der Waals surface area contributed by atoms with Crippen LogP contribution in [0.2, 0.25) is 0 Å². The van der Waals surface area contributed by atoms with E-state index in [0.717, 1.165) is 36.5 Å². The maximum absolute atomic E-state index is 10.3. The molecule has 30 heavy (non-hydrogen) atoms. The molecule has 4 rings (SSSR count). The predicted octanol–water partition coefficient (Wildman–Crippen LogP) is 7.16. The minimum Gasteiger partial charge on any atom is -0.393 e. The van der Waals surface area contributed by atoms with Crippen LogP contribution in [0.3, 0.4) is 0 Å². The van der Waals surface area contributed by atoms with Gasteiger partial charge >= 0.3 is 0 Å². The summed E-state index contributed by atoms with van der Waals surface area (Å²) in [6.07, 6.45) is 14.2. The van der Waals surface area contributed by atoms with Gasteiger partial charge in [-0.05, 0) is 97.4 Å². The molecule has 2 heteroatoms. The molecule has 4 aliphatic carbocycles. The van der Waals surface area contributed by atoms with Crippen molar-refractivity contribution in [1.29, 1.82) is 0 Å². The van der Waals surface area contributed by atoms with Crippen LogP contribution in [0.15, 0.2) is 11.1 Å². The Bertz CT molecular complexity index is 651. The van der Waals surface area contributed by atoms with Crippen LogP contribution < -0.4 is 0 Å². The van der Waals surface area contributed by atoms with E-state index in [1.165, 1.54) is 57.8 Å². The van der Waals surface area contributed by atoms with E-state index in [1.54, 1.807) is 5.57 Å². The molecule has 2 nitrogen and oxygen atoms in total. The summed E-state index contributed by atoms with van der Waals surface area (Å²) < 4.78 is 6.21. The molecule has 4 aliphatic rings. The Labute approximate surface area is 186 Å². The molecule has 3 saturated carbocycles. The standard InChI is InChI=1S/C28H48O2/c1-18(2)8-7-9-19(3)24-17-25(30-6)26-22-11-10-20-16-21(29)12-14-27(20,4)23(22)13-15-28(24,26)5/h18-21,23-25,29H,7-17H2,1-6H3/t19-,20+,21+,23+,24-,25-,27+,28-/m1/s1. The number of fused-ring (bicyclic) bond motifs is 4. The average Bonchev–Trinajstić information content (AvgIpc) is 3.01. The lowest BCUT2D eigenvalue weighted by Gasteiger charge is -2.57. The summed E-state index contributed by atoms with van der Waals surface area (Å²) in [6.45, 7) is 12.4. The first-order chi connectivity index (χ1) is 14.2. The van der Waals surface area contributed by atoms with Crippen LogP contribution in [-0.4, -0.2) is 24.4 Å². The van der Waals surface area contributed by atoms with Gasteiger partial charge < -0.3 is 9.84 Å². The van der Waals surface area contributed by atoms with Crippen molar-refractivity contribution >= 4 is 0 Å². The number of rotatable bonds is 6. The highest BCUT2D eigenvalue weighted by molar-refractivity contribution is 5.38. The topological polar surface area (TPSA) is 29.5 Å². The predicted molar refractivity (Wildman–Crippen MR) is 125 cm³/mol. The number of methoxy groups -OCH3 is 1. The van der Waals surface area contributed by atoms with Gasteiger partial charge in [0.25, 0.3) is 0 Å². The SMILES string of the molecule is CO[C@@H]1C[C@H]([C@H](C)CCCC(C)C)[C@@]2(C)CC[C@H]3C(=C12)CC[C@H]1C[C@@H](O)CC[C@@]13C. The molecule has 0 spiro atoms. The molecular formula is C28H48O2. The average molecular weight is 417 g/mol. The van der Waals surface area contributed by atoms with Gasteiger partial charge in [-0.2, -0.15) is 0 Å². The summed E-state index contributed by atoms with van der Waals surface area (Å²) in [5, 5.41) is 10.3. The molecule has 0 amide bonds. The van der Waals surface area contributed by atoms with Crippen molar-refractivity contribution in [3.8, 4) is 0 Å². The Kier molecular flexibility index (Phi) is 6.50. The second-order valence-electron chi connectivity index (χ2n) is 12.5. The number of hydrogen-bond donors (Lipinski definition) is 1. The van der Waals surface area contributed by atoms with Crippen molar-refractivity contribution in [3.63, 3.8) is 0 Å². The molecule has 3 fully saturated rings. The van der Waals surface area contributed by atoms with Gasteiger partial charge in [-0.25, -0.2) is 0 Å². The van der Waals surface area contributed by atoms with Gasteiger partial charge in [0.05, 0.1) is 12.2 Å². The zero-order valence-corrected chi connectivity index (χ0v) is 20.7. The summed E-state index contributed by atoms with van der Waals surface area (Å²) in [4.78, 5) is 0. The summed E-state index contributed by atoms with van der Waals surface area (Å²) in [7, 11) is 1.96. The van der Waals surface area contributed by atoms with E-state index >= 15 is 0 Å². The van der Waals surface area contributed by atoms with Crippen molar-refractivity contribution in [2.45, 2.75) is 117 Å². The van der Waals surface area contributed by atoms with Crippen LogP contribution in [0.4, 0.5) is 0 Å². The molecule has 0 radical (unpaired) electrons. The first kappa shape index (κ1) is 22.8. The second-order valence-corrected chi connectivity index (χ2v) is 12.5. The van der Waals surface area contributed by atoms with Crippen molar-refractivity contribution in [3.05, 3.63) is 11.1 Å². The third kappa shape index (κ3) is 3.72. The molecular weight excluding hydrogens is 368 g/mol. The van der Waals surface area contributed by atoms with Gasteiger partial charge in [-0.1, -0.05) is 59.5 Å². The van der Waals surface area contributed by atoms with Crippen LogP contribution in [0.1, 0.15) is 105 Å². The van der Waals surface area contributed by atoms with E-state index in [9.17, 15) is 5.11 Å². The van der Waals surface area contributed by atoms with Gasteiger partial charge in [0.15, 0.2) is 0 Å². The van der Waals surface area contributed by atoms with E-state index < -0.39 is 0 Å². The molecule has 0 aromatic carbocycles. The van der Waals surface area contributed by atoms with Crippen molar-refractivity contribution < 1.29 is 9.84 Å². The smallest absolute Gasteiger partial charge is 0.0792 e. The fourth-order valence-electron chi connectivity index (χ4n) is 8.67. The van der Waals surface area contributed by atoms with Gasteiger partial charge in [0.2, 0.25) is 0 Å². The zero-order valence-electron chi connectivity index (χ0n) is 20.7. The molecule has 0 unspecified atom stereocenters. The van der Waals surface area contributed by atoms with Crippen LogP contribution in [-0.2, 0) is 4.74 Å². The van der Waals surface area contributed by atoms with Crippen LogP contribution in [0, 0.1) is 40.4 Å². The Morgan fingerprint density at radius 1 is 1.03 bits per heavy atom. The van der Waals surface area contributed by atoms with Crippen LogP contribution >= 0.6 is 0 Å². The summed E-state index contributed by atoms with van der Waals surface area (Å²) >= 11 is 0. The van der Waals surface area contributed by atoms with E-state index in [1.807, 2.05) is 12.7 Å². The molecule has 0 saturated heterocycles. The monoisotopic (exact) mass is 416 g/mol. The van der Waals surface area contributed by atoms with E-state index in [4.69, 9.17) is 4.74 Å². The molecule has 0 aromatic heterocycles. The minimum atomic E-state index is -0.0552. The normalized spacial score (nSPS) is 44.6. The first-order valence-corrected chi connectivity index (χ1v) is 13.1. The van der Waals surface area contributed by atoms with Crippen LogP contribution in [0.5, 0.6) is 0 Å². The molecule has 8 atom stereocenters. The summed E-state index contributed by atoms with van der Waals surface area (Å²) in [5.74, 6) is 3.84. The highest BCUT2D eigenvalue weighted by atomic mass is 16.5. The van der Waals surface area contributed by atoms with Gasteiger partial charge in [-0.3, -0.25) is 0 Å². The number of aliphatic hydroxyl groups is 1. The lowest BCUT2D eigenvalue weighted by atomic mass is 9.48. The van der Waals surface area contributed by atoms with Crippen LogP contribution in [0.25, 0.3) is 0 Å². The van der Waals surface area contributed by atoms with E-state index in [2.05, 4.69) is 34.6 Å². The van der Waals surface area contributed by atoms with Gasteiger partial charge in [0.1, 0.15) is 0 Å². The minimum absolute atomic E-state index is 0.0552. The maximum Gasteiger partial charge on any atom is 0.0792 e. The third-order valence-corrected chi connectivity index (χ3v) is 10.4. The summed E-state index contributed by atoms with van der Waals surface area (Å²) in [5.41, 5.74) is 4.30. The molecule has 0 heterocycles. The number of aliphatic hydroxyl groups excluding tert-OH is 1. The Hall–Kier alpha value is -0.340. The first-order valence-electron chi connectivity index (χ1n) is 13.1. The lowest BCUT2D eigenvalue weighted by molar-refractivity contribution is -0.0388. The fraction of sp³-hybridized carbons (Fsp3) is 0.929. The third-order valence-electron chi connectivity index (χ3n) is 10.4. The van der Waals surface area contributed by atoms with Crippen molar-refractivity contribution in [2.75, 3.05) is 7.11 Å². The number of hydrogen-bond acceptors (Lipinski definition) is 2. The fourth-order valence-corrected chi connectivity index (χ4v) is 8.67. The maximum atomic E-state index is 10.3. The zero-order chi connectivity index (χ0) is 21.7. The quantitative estimate of drug-likeness (QED) is 0.466. The van der Waals surface area contributed by atoms with Crippen molar-refractivity contribution in [2.24, 2.45) is 40.4 Å². The lowest BCUT2D eigenvalue weighted by Crippen LogP contribution is -2.48. The second kappa shape index (κ2) is 8.54. The number of allylic oxidation sites excluding steroid dienone is 1. The molecule has 0 aromatic rings. The highest BCUT2D eigenvalue weighted by Gasteiger charge is 2.58. The van der Waals surface area contributed by atoms with Crippen molar-refractivity contribution in [1.82, 2.24) is 0 Å². The Balaban J connectivity index is 1.61. The molecule has 172 valence electrons. The van der Waals surface area contributed by atoms with Gasteiger partial charge in [-0.15, -0.1) is 0 Å². The Morgan fingerprint density at radius 2 is 1.80 bits per heavy atom. The number of ether oxygens (including phenoxy) is 1. The van der Waals surface area contributed by atoms with E-state index in [-0.39, 0.29) is 6.10 Å². The molecule has 1 N–H and O–H groups in total.